The van der Waals surface area contributed by atoms with Crippen LogP contribution in [0.4, 0.5) is 0 Å². The van der Waals surface area contributed by atoms with Crippen LogP contribution in [0.25, 0.3) is 11.2 Å². The third kappa shape index (κ3) is 3.15. The van der Waals surface area contributed by atoms with Gasteiger partial charge < -0.3 is 9.88 Å². The summed E-state index contributed by atoms with van der Waals surface area (Å²) < 4.78 is 3.68. The third-order valence-corrected chi connectivity index (χ3v) is 4.40. The zero-order valence-corrected chi connectivity index (χ0v) is 14.6. The van der Waals surface area contributed by atoms with E-state index in [1.54, 1.807) is 7.05 Å². The highest BCUT2D eigenvalue weighted by molar-refractivity contribution is 5.76. The number of rotatable bonds is 7. The van der Waals surface area contributed by atoms with Crippen molar-refractivity contribution in [2.75, 3.05) is 6.54 Å². The predicted molar refractivity (Wildman–Crippen MR) is 93.5 cm³/mol. The minimum Gasteiger partial charge on any atom is -0.354 e. The van der Waals surface area contributed by atoms with Gasteiger partial charge in [0.1, 0.15) is 6.54 Å². The van der Waals surface area contributed by atoms with E-state index < -0.39 is 22.8 Å². The van der Waals surface area contributed by atoms with Crippen molar-refractivity contribution < 1.29 is 4.79 Å². The fraction of sp³-hybridized carbons (Fsp3) is 0.500. The Balaban J connectivity index is 1.68. The second-order valence-corrected chi connectivity index (χ2v) is 6.25. The Morgan fingerprint density at radius 2 is 2.04 bits per heavy atom. The lowest BCUT2D eigenvalue weighted by Crippen LogP contribution is -2.44. The molecular weight excluding hydrogens is 338 g/mol. The molecule has 10 nitrogen and oxygen atoms in total. The van der Waals surface area contributed by atoms with Crippen molar-refractivity contribution in [2.45, 2.75) is 31.5 Å². The van der Waals surface area contributed by atoms with Crippen molar-refractivity contribution in [1.82, 2.24) is 24.0 Å². The van der Waals surface area contributed by atoms with E-state index in [0.29, 0.717) is 25.8 Å². The molecule has 0 unspecified atom stereocenters. The summed E-state index contributed by atoms with van der Waals surface area (Å²) in [6.45, 7) is -0.0301. The van der Waals surface area contributed by atoms with Crippen molar-refractivity contribution >= 4 is 17.1 Å². The van der Waals surface area contributed by atoms with Crippen LogP contribution >= 0.6 is 0 Å². The van der Waals surface area contributed by atoms with Gasteiger partial charge in [-0.15, -0.1) is 12.3 Å². The average molecular weight is 357 g/mol. The van der Waals surface area contributed by atoms with Gasteiger partial charge in [0.2, 0.25) is 5.91 Å². The lowest BCUT2D eigenvalue weighted by molar-refractivity contribution is -0.121. The molecule has 0 saturated heterocycles. The molecule has 136 valence electrons. The number of carbonyl (C=O) groups excluding carboxylic acids is 1. The first-order valence-corrected chi connectivity index (χ1v) is 8.13. The summed E-state index contributed by atoms with van der Waals surface area (Å²) in [5.41, 5.74) is -1.07. The quantitative estimate of drug-likeness (QED) is 0.674. The summed E-state index contributed by atoms with van der Waals surface area (Å²) >= 11 is 0. The number of terminal acetylenes is 1. The first kappa shape index (κ1) is 17.6. The third-order valence-electron chi connectivity index (χ3n) is 4.40. The highest BCUT2D eigenvalue weighted by Gasteiger charge is 2.38. The van der Waals surface area contributed by atoms with Crippen molar-refractivity contribution in [3.8, 4) is 12.3 Å². The zero-order chi connectivity index (χ0) is 18.9. The minimum atomic E-state index is -0.589. The maximum absolute atomic E-state index is 12.5. The van der Waals surface area contributed by atoms with E-state index in [-0.39, 0.29) is 17.7 Å². The molecule has 1 amide bonds. The average Bonchev–Trinajstić information content (AvgIpc) is 3.28. The Kier molecular flexibility index (Phi) is 4.46. The van der Waals surface area contributed by atoms with Gasteiger partial charge in [-0.1, -0.05) is 0 Å². The smallest absolute Gasteiger partial charge is 0.332 e. The minimum absolute atomic E-state index is 0.267. The highest BCUT2D eigenvalue weighted by Crippen LogP contribution is 2.35. The van der Waals surface area contributed by atoms with Crippen molar-refractivity contribution in [3.05, 3.63) is 27.2 Å². The number of aromatic nitrogens is 4. The summed E-state index contributed by atoms with van der Waals surface area (Å²) in [7, 11) is 3.17. The number of hydrogen-bond acceptors (Lipinski definition) is 6. The van der Waals surface area contributed by atoms with Gasteiger partial charge in [0.05, 0.1) is 6.33 Å². The Morgan fingerprint density at radius 3 is 2.69 bits per heavy atom. The molecule has 2 aromatic rings. The van der Waals surface area contributed by atoms with Crippen LogP contribution in [0.5, 0.6) is 0 Å². The van der Waals surface area contributed by atoms with Crippen molar-refractivity contribution in [2.24, 2.45) is 24.3 Å². The van der Waals surface area contributed by atoms with Gasteiger partial charge in [0.15, 0.2) is 16.8 Å². The van der Waals surface area contributed by atoms with E-state index in [9.17, 15) is 14.4 Å². The van der Waals surface area contributed by atoms with Crippen LogP contribution in [0.15, 0.2) is 26.1 Å². The van der Waals surface area contributed by atoms with Gasteiger partial charge in [-0.3, -0.25) is 14.2 Å². The van der Waals surface area contributed by atoms with Crippen LogP contribution < -0.4 is 16.6 Å². The summed E-state index contributed by atoms with van der Waals surface area (Å²) in [4.78, 5) is 41.1. The van der Waals surface area contributed by atoms with Crippen LogP contribution in [0, 0.1) is 12.3 Å². The van der Waals surface area contributed by atoms with Crippen LogP contribution in [0.2, 0.25) is 0 Å². The molecule has 3 rings (SSSR count). The first-order valence-electron chi connectivity index (χ1n) is 8.13. The maximum atomic E-state index is 12.5. The Labute approximate surface area is 148 Å². The van der Waals surface area contributed by atoms with Crippen molar-refractivity contribution in [1.29, 1.82) is 0 Å². The van der Waals surface area contributed by atoms with E-state index in [0.717, 1.165) is 4.57 Å². The molecule has 3 heterocycles. The van der Waals surface area contributed by atoms with Crippen LogP contribution in [0.1, 0.15) is 19.3 Å². The molecular formula is C16H19N7O3. The Bertz CT molecular complexity index is 1040. The van der Waals surface area contributed by atoms with Crippen LogP contribution in [0.3, 0.4) is 0 Å². The fourth-order valence-corrected chi connectivity index (χ4v) is 2.81. The van der Waals surface area contributed by atoms with Crippen molar-refractivity contribution in [3.63, 3.8) is 0 Å². The molecule has 0 radical (unpaired) electrons. The summed E-state index contributed by atoms with van der Waals surface area (Å²) in [5.74, 6) is 2.11. The SMILES string of the molecule is C#CCCC1(CCNC(=O)Cn2c(=O)c3c(ncn3C)n(C)c2=O)N=N1. The van der Waals surface area contributed by atoms with E-state index in [1.807, 2.05) is 0 Å². The summed E-state index contributed by atoms with van der Waals surface area (Å²) in [6, 6.07) is 0. The number of nitrogens with zero attached hydrogens (tertiary/aromatic N) is 6. The summed E-state index contributed by atoms with van der Waals surface area (Å²) in [5, 5.41) is 10.7. The molecule has 1 N–H and O–H groups in total. The zero-order valence-electron chi connectivity index (χ0n) is 14.6. The lowest BCUT2D eigenvalue weighted by Gasteiger charge is -2.11. The maximum Gasteiger partial charge on any atom is 0.332 e. The number of aryl methyl sites for hydroxylation is 2. The molecule has 1 aliphatic rings. The number of carbonyl (C=O) groups is 1. The molecule has 10 heteroatoms. The molecule has 0 fully saturated rings. The van der Waals surface area contributed by atoms with Crippen LogP contribution in [-0.2, 0) is 25.4 Å². The standard InChI is InChI=1S/C16H19N7O3/c1-4-5-6-16(19-20-16)7-8-17-11(24)9-23-14(25)12-13(18-10-21(12)2)22(3)15(23)26/h1,10H,5-9H2,2-3H3,(H,17,24). The van der Waals surface area contributed by atoms with Gasteiger partial charge >= 0.3 is 5.69 Å². The van der Waals surface area contributed by atoms with E-state index in [4.69, 9.17) is 6.42 Å². The van der Waals surface area contributed by atoms with Gasteiger partial charge in [-0.25, -0.2) is 14.3 Å². The van der Waals surface area contributed by atoms with Gasteiger partial charge in [-0.05, 0) is 0 Å². The second-order valence-electron chi connectivity index (χ2n) is 6.25. The summed E-state index contributed by atoms with van der Waals surface area (Å²) in [6.07, 6.45) is 8.44. The normalized spacial score (nSPS) is 14.3. The van der Waals surface area contributed by atoms with Gasteiger partial charge in [-0.2, -0.15) is 10.2 Å². The molecule has 0 atom stereocenters. The number of nitrogens with one attached hydrogen (secondary N) is 1. The molecule has 0 spiro atoms. The largest absolute Gasteiger partial charge is 0.354 e. The lowest BCUT2D eigenvalue weighted by atomic mass is 10.0. The highest BCUT2D eigenvalue weighted by atomic mass is 16.2. The number of hydrogen-bond donors (Lipinski definition) is 1. The van der Waals surface area contributed by atoms with Gasteiger partial charge in [0, 0.05) is 39.9 Å². The van der Waals surface area contributed by atoms with Crippen LogP contribution in [-0.4, -0.2) is 36.8 Å². The molecule has 0 bridgehead atoms. The second kappa shape index (κ2) is 6.59. The molecule has 0 aliphatic carbocycles. The number of imidazole rings is 1. The monoisotopic (exact) mass is 357 g/mol. The molecule has 0 saturated carbocycles. The van der Waals surface area contributed by atoms with Gasteiger partial charge in [0.25, 0.3) is 5.56 Å². The molecule has 2 aromatic heterocycles. The fourth-order valence-electron chi connectivity index (χ4n) is 2.81. The molecule has 0 aromatic carbocycles. The molecule has 1 aliphatic heterocycles. The topological polar surface area (TPSA) is 116 Å². The van der Waals surface area contributed by atoms with E-state index in [2.05, 4.69) is 26.4 Å². The Hall–Kier alpha value is -3.22. The number of fused-ring (bicyclic) bond motifs is 1. The molecule has 26 heavy (non-hydrogen) atoms. The Morgan fingerprint density at radius 1 is 1.31 bits per heavy atom. The first-order chi connectivity index (χ1) is 12.4. The number of amides is 1. The predicted octanol–water partition coefficient (Wildman–Crippen LogP) is -0.484. The van der Waals surface area contributed by atoms with E-state index in [1.165, 1.54) is 22.5 Å². The van der Waals surface area contributed by atoms with E-state index >= 15 is 0 Å².